The van der Waals surface area contributed by atoms with Gasteiger partial charge in [-0.05, 0) is 37.6 Å². The van der Waals surface area contributed by atoms with E-state index in [0.29, 0.717) is 19.2 Å². The third kappa shape index (κ3) is 3.95. The molecule has 2 aliphatic heterocycles. The van der Waals surface area contributed by atoms with E-state index in [2.05, 4.69) is 10.2 Å². The molecule has 0 aromatic heterocycles. The highest BCUT2D eigenvalue weighted by atomic mass is 19.1. The van der Waals surface area contributed by atoms with E-state index in [1.54, 1.807) is 0 Å². The molecule has 6 heteroatoms. The molecule has 2 saturated heterocycles. The minimum absolute atomic E-state index is 0.0353. The number of hydrogen-bond acceptors (Lipinski definition) is 3. The first-order valence-corrected chi connectivity index (χ1v) is 7.89. The largest absolute Gasteiger partial charge is 0.373 e. The molecule has 1 N–H and O–H groups in total. The Morgan fingerprint density at radius 2 is 2.17 bits per heavy atom. The molecule has 124 valence electrons. The summed E-state index contributed by atoms with van der Waals surface area (Å²) in [7, 11) is 0. The molecule has 1 aromatic rings. The SMILES string of the molecule is O=C(/C=C\c1c(F)cccc1F)NC[C@@H]1CN2CCC[C@H]2CO1. The Kier molecular flexibility index (Phi) is 5.03. The number of hydrogen-bond donors (Lipinski definition) is 1. The van der Waals surface area contributed by atoms with E-state index in [4.69, 9.17) is 4.74 Å². The van der Waals surface area contributed by atoms with Gasteiger partial charge in [-0.3, -0.25) is 9.69 Å². The maximum Gasteiger partial charge on any atom is 0.244 e. The number of carbonyl (C=O) groups is 1. The zero-order valence-electron chi connectivity index (χ0n) is 12.8. The van der Waals surface area contributed by atoms with Crippen LogP contribution in [0, 0.1) is 11.6 Å². The molecule has 0 aliphatic carbocycles. The molecule has 1 aromatic carbocycles. The molecule has 0 spiro atoms. The number of carbonyl (C=O) groups excluding carboxylic acids is 1. The summed E-state index contributed by atoms with van der Waals surface area (Å²) in [5, 5.41) is 2.72. The lowest BCUT2D eigenvalue weighted by molar-refractivity contribution is -0.117. The Bertz CT molecular complexity index is 586. The topological polar surface area (TPSA) is 41.6 Å². The van der Waals surface area contributed by atoms with E-state index < -0.39 is 11.6 Å². The van der Waals surface area contributed by atoms with Gasteiger partial charge in [-0.1, -0.05) is 6.07 Å². The number of amides is 1. The molecule has 2 heterocycles. The fraction of sp³-hybridized carbons (Fsp3) is 0.471. The molecule has 0 saturated carbocycles. The van der Waals surface area contributed by atoms with Gasteiger partial charge < -0.3 is 10.1 Å². The van der Waals surface area contributed by atoms with Gasteiger partial charge in [0.2, 0.25) is 5.91 Å². The number of nitrogens with zero attached hydrogens (tertiary/aromatic N) is 1. The number of morpholine rings is 1. The van der Waals surface area contributed by atoms with Gasteiger partial charge in [-0.2, -0.15) is 0 Å². The van der Waals surface area contributed by atoms with Gasteiger partial charge in [-0.15, -0.1) is 0 Å². The third-order valence-corrected chi connectivity index (χ3v) is 4.37. The maximum atomic E-state index is 13.5. The van der Waals surface area contributed by atoms with Crippen LogP contribution < -0.4 is 5.32 Å². The third-order valence-electron chi connectivity index (χ3n) is 4.37. The molecule has 2 aliphatic rings. The minimum atomic E-state index is -0.690. The monoisotopic (exact) mass is 322 g/mol. The van der Waals surface area contributed by atoms with Crippen LogP contribution in [0.2, 0.25) is 0 Å². The molecule has 2 atom stereocenters. The molecular formula is C17H20F2N2O2. The maximum absolute atomic E-state index is 13.5. The van der Waals surface area contributed by atoms with Crippen molar-refractivity contribution in [3.8, 4) is 0 Å². The first-order chi connectivity index (χ1) is 11.1. The Hall–Kier alpha value is -1.79. The van der Waals surface area contributed by atoms with E-state index in [1.807, 2.05) is 0 Å². The van der Waals surface area contributed by atoms with E-state index in [0.717, 1.165) is 37.4 Å². The van der Waals surface area contributed by atoms with Crippen molar-refractivity contribution < 1.29 is 18.3 Å². The van der Waals surface area contributed by atoms with Crippen molar-refractivity contribution in [3.63, 3.8) is 0 Å². The number of ether oxygens (including phenoxy) is 1. The Morgan fingerprint density at radius 3 is 2.96 bits per heavy atom. The summed E-state index contributed by atoms with van der Waals surface area (Å²) in [6.45, 7) is 3.00. The highest BCUT2D eigenvalue weighted by Gasteiger charge is 2.32. The number of nitrogens with one attached hydrogen (secondary N) is 1. The van der Waals surface area contributed by atoms with Crippen molar-refractivity contribution in [1.82, 2.24) is 10.2 Å². The molecule has 1 amide bonds. The van der Waals surface area contributed by atoms with Crippen LogP contribution in [0.3, 0.4) is 0 Å². The second-order valence-electron chi connectivity index (χ2n) is 5.96. The lowest BCUT2D eigenvalue weighted by atomic mass is 10.1. The molecule has 0 radical (unpaired) electrons. The lowest BCUT2D eigenvalue weighted by Gasteiger charge is -2.35. The summed E-state index contributed by atoms with van der Waals surface area (Å²) in [5.41, 5.74) is -0.212. The molecule has 2 fully saturated rings. The van der Waals surface area contributed by atoms with Crippen LogP contribution in [-0.2, 0) is 9.53 Å². The van der Waals surface area contributed by atoms with Crippen LogP contribution in [0.1, 0.15) is 18.4 Å². The predicted octanol–water partition coefficient (Wildman–Crippen LogP) is 1.96. The summed E-state index contributed by atoms with van der Waals surface area (Å²) in [6, 6.07) is 4.12. The highest BCUT2D eigenvalue weighted by Crippen LogP contribution is 2.22. The summed E-state index contributed by atoms with van der Waals surface area (Å²) in [5.74, 6) is -1.77. The van der Waals surface area contributed by atoms with Crippen molar-refractivity contribution >= 4 is 12.0 Å². The van der Waals surface area contributed by atoms with E-state index in [-0.39, 0.29) is 17.6 Å². The van der Waals surface area contributed by atoms with Gasteiger partial charge in [0, 0.05) is 30.8 Å². The molecule has 3 rings (SSSR count). The first kappa shape index (κ1) is 16.1. The number of rotatable bonds is 4. The molecule has 0 unspecified atom stereocenters. The van der Waals surface area contributed by atoms with Crippen LogP contribution in [0.5, 0.6) is 0 Å². The summed E-state index contributed by atoms with van der Waals surface area (Å²) >= 11 is 0. The van der Waals surface area contributed by atoms with Gasteiger partial charge in [0.05, 0.1) is 12.7 Å². The van der Waals surface area contributed by atoms with Crippen molar-refractivity contribution in [2.24, 2.45) is 0 Å². The normalized spacial score (nSPS) is 24.8. The van der Waals surface area contributed by atoms with Crippen LogP contribution in [0.15, 0.2) is 24.3 Å². The highest BCUT2D eigenvalue weighted by molar-refractivity contribution is 5.91. The van der Waals surface area contributed by atoms with E-state index >= 15 is 0 Å². The molecule has 23 heavy (non-hydrogen) atoms. The fourth-order valence-corrected chi connectivity index (χ4v) is 3.11. The Labute approximate surface area is 134 Å². The summed E-state index contributed by atoms with van der Waals surface area (Å²) < 4.78 is 32.7. The van der Waals surface area contributed by atoms with Crippen LogP contribution in [0.25, 0.3) is 6.08 Å². The number of benzene rings is 1. The van der Waals surface area contributed by atoms with Crippen LogP contribution >= 0.6 is 0 Å². The van der Waals surface area contributed by atoms with Crippen LogP contribution in [-0.4, -0.2) is 49.2 Å². The molecular weight excluding hydrogens is 302 g/mol. The predicted molar refractivity (Wildman–Crippen MR) is 82.7 cm³/mol. The van der Waals surface area contributed by atoms with E-state index in [1.165, 1.54) is 18.9 Å². The van der Waals surface area contributed by atoms with Crippen molar-refractivity contribution in [3.05, 3.63) is 41.5 Å². The minimum Gasteiger partial charge on any atom is -0.373 e. The van der Waals surface area contributed by atoms with Crippen molar-refractivity contribution in [1.29, 1.82) is 0 Å². The van der Waals surface area contributed by atoms with Gasteiger partial charge in [0.25, 0.3) is 0 Å². The molecule has 0 bridgehead atoms. The Morgan fingerprint density at radius 1 is 1.39 bits per heavy atom. The van der Waals surface area contributed by atoms with Gasteiger partial charge in [-0.25, -0.2) is 8.78 Å². The van der Waals surface area contributed by atoms with Crippen molar-refractivity contribution in [2.75, 3.05) is 26.2 Å². The van der Waals surface area contributed by atoms with Gasteiger partial charge in [0.1, 0.15) is 11.6 Å². The summed E-state index contributed by atoms with van der Waals surface area (Å²) in [4.78, 5) is 14.2. The smallest absolute Gasteiger partial charge is 0.244 e. The second kappa shape index (κ2) is 7.19. The standard InChI is InChI=1S/C17H20F2N2O2/c18-15-4-1-5-16(19)14(15)6-7-17(22)20-9-13-10-21-8-2-3-12(21)11-23-13/h1,4-7,12-13H,2-3,8-11H2,(H,20,22)/b7-6-/t12-,13+/m0/s1. The van der Waals surface area contributed by atoms with Crippen LogP contribution in [0.4, 0.5) is 8.78 Å². The molecule has 4 nitrogen and oxygen atoms in total. The average molecular weight is 322 g/mol. The first-order valence-electron chi connectivity index (χ1n) is 7.89. The average Bonchev–Trinajstić information content (AvgIpc) is 3.00. The Balaban J connectivity index is 1.49. The zero-order chi connectivity index (χ0) is 16.2. The second-order valence-corrected chi connectivity index (χ2v) is 5.96. The van der Waals surface area contributed by atoms with E-state index in [9.17, 15) is 13.6 Å². The summed E-state index contributed by atoms with van der Waals surface area (Å²) in [6.07, 6.45) is 4.63. The van der Waals surface area contributed by atoms with Crippen molar-refractivity contribution in [2.45, 2.75) is 25.0 Å². The zero-order valence-corrected chi connectivity index (χ0v) is 12.8. The van der Waals surface area contributed by atoms with Gasteiger partial charge >= 0.3 is 0 Å². The number of halogens is 2. The fourth-order valence-electron chi connectivity index (χ4n) is 3.11. The quantitative estimate of drug-likeness (QED) is 0.862. The lowest BCUT2D eigenvalue weighted by Crippen LogP contribution is -2.49. The number of fused-ring (bicyclic) bond motifs is 1. The van der Waals surface area contributed by atoms with Gasteiger partial charge in [0.15, 0.2) is 0 Å².